The number of aryl methyl sites for hydroxylation is 1. The van der Waals surface area contributed by atoms with Gasteiger partial charge in [-0.2, -0.15) is 0 Å². The van der Waals surface area contributed by atoms with Crippen molar-refractivity contribution in [2.75, 3.05) is 25.1 Å². The van der Waals surface area contributed by atoms with Gasteiger partial charge in [-0.1, -0.05) is 0 Å². The van der Waals surface area contributed by atoms with Gasteiger partial charge < -0.3 is 9.64 Å². The molecular formula is C12H15F2N3O2. The molecule has 0 radical (unpaired) electrons. The summed E-state index contributed by atoms with van der Waals surface area (Å²) in [7, 11) is 1.24. The predicted octanol–water partition coefficient (Wildman–Crippen LogP) is 1.81. The fourth-order valence-electron chi connectivity index (χ4n) is 2.04. The van der Waals surface area contributed by atoms with Gasteiger partial charge in [-0.15, -0.1) is 0 Å². The highest BCUT2D eigenvalue weighted by molar-refractivity contribution is 5.87. The number of carbonyl (C=O) groups is 1. The SMILES string of the molecule is COC(=O)c1cc(C)nc(N2CCCC(F)(F)C2)n1. The molecule has 104 valence electrons. The number of halogens is 2. The number of anilines is 1. The van der Waals surface area contributed by atoms with Gasteiger partial charge in [-0.25, -0.2) is 23.5 Å². The summed E-state index contributed by atoms with van der Waals surface area (Å²) in [6.45, 7) is 1.72. The van der Waals surface area contributed by atoms with Crippen molar-refractivity contribution in [3.63, 3.8) is 0 Å². The second kappa shape index (κ2) is 5.07. The van der Waals surface area contributed by atoms with Gasteiger partial charge in [-0.05, 0) is 19.4 Å². The molecule has 1 fully saturated rings. The zero-order chi connectivity index (χ0) is 14.0. The lowest BCUT2D eigenvalue weighted by Crippen LogP contribution is -2.43. The molecule has 2 rings (SSSR count). The standard InChI is InChI=1S/C12H15F2N3O2/c1-8-6-9(10(18)19-2)16-11(15-8)17-5-3-4-12(13,14)7-17/h6H,3-5,7H2,1-2H3. The molecule has 19 heavy (non-hydrogen) atoms. The van der Waals surface area contributed by atoms with Crippen molar-refractivity contribution in [1.82, 2.24) is 9.97 Å². The van der Waals surface area contributed by atoms with E-state index < -0.39 is 18.4 Å². The van der Waals surface area contributed by atoms with Crippen LogP contribution in [0.4, 0.5) is 14.7 Å². The zero-order valence-electron chi connectivity index (χ0n) is 10.8. The summed E-state index contributed by atoms with van der Waals surface area (Å²) in [5, 5.41) is 0. The van der Waals surface area contributed by atoms with E-state index in [0.29, 0.717) is 18.7 Å². The lowest BCUT2D eigenvalue weighted by molar-refractivity contribution is -0.0120. The van der Waals surface area contributed by atoms with Crippen molar-refractivity contribution >= 4 is 11.9 Å². The van der Waals surface area contributed by atoms with E-state index in [1.165, 1.54) is 18.1 Å². The van der Waals surface area contributed by atoms with Gasteiger partial charge >= 0.3 is 5.97 Å². The summed E-state index contributed by atoms with van der Waals surface area (Å²) >= 11 is 0. The van der Waals surface area contributed by atoms with Crippen LogP contribution in [-0.2, 0) is 4.74 Å². The third-order valence-corrected chi connectivity index (χ3v) is 2.91. The fourth-order valence-corrected chi connectivity index (χ4v) is 2.04. The van der Waals surface area contributed by atoms with E-state index >= 15 is 0 Å². The molecule has 0 amide bonds. The van der Waals surface area contributed by atoms with Crippen LogP contribution in [0.5, 0.6) is 0 Å². The summed E-state index contributed by atoms with van der Waals surface area (Å²) in [6.07, 6.45) is 0.247. The second-order valence-electron chi connectivity index (χ2n) is 4.57. The molecule has 2 heterocycles. The lowest BCUT2D eigenvalue weighted by Gasteiger charge is -2.32. The Morgan fingerprint density at radius 1 is 1.47 bits per heavy atom. The van der Waals surface area contributed by atoms with Gasteiger partial charge in [-0.3, -0.25) is 0 Å². The maximum absolute atomic E-state index is 13.4. The quantitative estimate of drug-likeness (QED) is 0.768. The molecule has 0 N–H and O–H groups in total. The van der Waals surface area contributed by atoms with Crippen LogP contribution < -0.4 is 4.90 Å². The van der Waals surface area contributed by atoms with Crippen molar-refractivity contribution in [2.45, 2.75) is 25.7 Å². The first-order valence-corrected chi connectivity index (χ1v) is 5.98. The number of piperidine rings is 1. The van der Waals surface area contributed by atoms with Crippen LogP contribution in [0.3, 0.4) is 0 Å². The molecule has 0 aromatic carbocycles. The number of nitrogens with zero attached hydrogens (tertiary/aromatic N) is 3. The largest absolute Gasteiger partial charge is 0.464 e. The van der Waals surface area contributed by atoms with Crippen LogP contribution in [-0.4, -0.2) is 42.1 Å². The second-order valence-corrected chi connectivity index (χ2v) is 4.57. The minimum absolute atomic E-state index is 0.0823. The Hall–Kier alpha value is -1.79. The number of aromatic nitrogens is 2. The Balaban J connectivity index is 2.29. The van der Waals surface area contributed by atoms with E-state index in [4.69, 9.17) is 0 Å². The third-order valence-electron chi connectivity index (χ3n) is 2.91. The molecule has 0 bridgehead atoms. The molecule has 0 spiro atoms. The third kappa shape index (κ3) is 3.15. The van der Waals surface area contributed by atoms with Gasteiger partial charge in [0.15, 0.2) is 5.69 Å². The highest BCUT2D eigenvalue weighted by atomic mass is 19.3. The lowest BCUT2D eigenvalue weighted by atomic mass is 10.1. The number of ether oxygens (including phenoxy) is 1. The number of hydrogen-bond acceptors (Lipinski definition) is 5. The summed E-state index contributed by atoms with van der Waals surface area (Å²) in [5.74, 6) is -3.19. The summed E-state index contributed by atoms with van der Waals surface area (Å²) in [4.78, 5) is 21.0. The molecule has 0 saturated carbocycles. The van der Waals surface area contributed by atoms with E-state index in [-0.39, 0.29) is 18.1 Å². The Morgan fingerprint density at radius 3 is 2.84 bits per heavy atom. The highest BCUT2D eigenvalue weighted by Gasteiger charge is 2.36. The molecule has 1 aromatic rings. The monoisotopic (exact) mass is 271 g/mol. The summed E-state index contributed by atoms with van der Waals surface area (Å²) in [6, 6.07) is 1.47. The highest BCUT2D eigenvalue weighted by Crippen LogP contribution is 2.28. The first kappa shape index (κ1) is 13.6. The van der Waals surface area contributed by atoms with E-state index in [2.05, 4.69) is 14.7 Å². The maximum Gasteiger partial charge on any atom is 0.356 e. The minimum Gasteiger partial charge on any atom is -0.464 e. The predicted molar refractivity (Wildman–Crippen MR) is 64.5 cm³/mol. The smallest absolute Gasteiger partial charge is 0.356 e. The van der Waals surface area contributed by atoms with Crippen LogP contribution in [0.1, 0.15) is 29.0 Å². The van der Waals surface area contributed by atoms with Crippen LogP contribution in [0.2, 0.25) is 0 Å². The molecule has 1 aliphatic heterocycles. The molecule has 0 aliphatic carbocycles. The number of hydrogen-bond donors (Lipinski definition) is 0. The van der Waals surface area contributed by atoms with Crippen LogP contribution in [0.15, 0.2) is 6.07 Å². The number of rotatable bonds is 2. The average Bonchev–Trinajstić information content (AvgIpc) is 2.36. The first-order valence-electron chi connectivity index (χ1n) is 5.98. The van der Waals surface area contributed by atoms with Crippen molar-refractivity contribution < 1.29 is 18.3 Å². The minimum atomic E-state index is -2.74. The molecule has 1 aliphatic rings. The van der Waals surface area contributed by atoms with Crippen molar-refractivity contribution in [3.05, 3.63) is 17.5 Å². The number of alkyl halides is 2. The van der Waals surface area contributed by atoms with E-state index in [0.717, 1.165) is 0 Å². The molecule has 1 saturated heterocycles. The number of carbonyl (C=O) groups excluding carboxylic acids is 1. The summed E-state index contributed by atoms with van der Waals surface area (Å²) in [5.41, 5.74) is 0.623. The first-order chi connectivity index (χ1) is 8.91. The number of esters is 1. The molecule has 1 aromatic heterocycles. The normalized spacial score (nSPS) is 18.2. The van der Waals surface area contributed by atoms with Crippen LogP contribution in [0, 0.1) is 6.92 Å². The molecule has 7 heteroatoms. The zero-order valence-corrected chi connectivity index (χ0v) is 10.8. The Labute approximate surface area is 109 Å². The van der Waals surface area contributed by atoms with E-state index in [1.54, 1.807) is 6.92 Å². The molecule has 0 atom stereocenters. The molecule has 0 unspecified atom stereocenters. The average molecular weight is 271 g/mol. The van der Waals surface area contributed by atoms with Gasteiger partial charge in [0.1, 0.15) is 0 Å². The van der Waals surface area contributed by atoms with Crippen molar-refractivity contribution in [1.29, 1.82) is 0 Å². The molecule has 5 nitrogen and oxygen atoms in total. The molecular weight excluding hydrogens is 256 g/mol. The Bertz CT molecular complexity index is 494. The van der Waals surface area contributed by atoms with Gasteiger partial charge in [0.2, 0.25) is 5.95 Å². The van der Waals surface area contributed by atoms with Gasteiger partial charge in [0, 0.05) is 18.7 Å². The van der Waals surface area contributed by atoms with Gasteiger partial charge in [0.25, 0.3) is 5.92 Å². The number of methoxy groups -OCH3 is 1. The maximum atomic E-state index is 13.4. The van der Waals surface area contributed by atoms with E-state index in [9.17, 15) is 13.6 Å². The fraction of sp³-hybridized carbons (Fsp3) is 0.583. The topological polar surface area (TPSA) is 55.3 Å². The van der Waals surface area contributed by atoms with Crippen molar-refractivity contribution in [2.24, 2.45) is 0 Å². The summed E-state index contributed by atoms with van der Waals surface area (Å²) < 4.78 is 31.3. The van der Waals surface area contributed by atoms with Crippen LogP contribution >= 0.6 is 0 Å². The van der Waals surface area contributed by atoms with Gasteiger partial charge in [0.05, 0.1) is 13.7 Å². The van der Waals surface area contributed by atoms with E-state index in [1.807, 2.05) is 0 Å². The van der Waals surface area contributed by atoms with Crippen molar-refractivity contribution in [3.8, 4) is 0 Å². The Kier molecular flexibility index (Phi) is 3.64. The Morgan fingerprint density at radius 2 is 2.21 bits per heavy atom. The van der Waals surface area contributed by atoms with Crippen LogP contribution in [0.25, 0.3) is 0 Å².